The zero-order valence-electron chi connectivity index (χ0n) is 47.0. The first kappa shape index (κ1) is 58.6. The van der Waals surface area contributed by atoms with Crippen LogP contribution in [0, 0.1) is 71.0 Å². The van der Waals surface area contributed by atoms with Crippen LogP contribution in [-0.4, -0.2) is 65.0 Å². The average Bonchev–Trinajstić information content (AvgIpc) is 4.18. The number of carbonyl (C=O) groups is 7. The number of rotatable bonds is 23. The lowest BCUT2D eigenvalue weighted by Crippen LogP contribution is -2.51. The van der Waals surface area contributed by atoms with E-state index in [4.69, 9.17) is 9.47 Å². The molecule has 2 unspecified atom stereocenters. The summed E-state index contributed by atoms with van der Waals surface area (Å²) in [6.07, 6.45) is 21.9. The van der Waals surface area contributed by atoms with E-state index in [0.717, 1.165) is 147 Å². The SMILES string of the molecule is CC[C@@H](C(=O)C[C@@H]1CCCC1C(=O)N[C@@H]1CCCC[C@@H]1[C@@H](CC)C(=O)OCc1ccccc1)[C@H]1CCCC[C@H]1CC(=O)C1CCC[C@H]1NC(=O)[C@H](CC)[C@H]1CCCC[C@H]1NC(=O)[C@@H]1CCC[C@H]1CC(=O)OC(C)(C)C. The van der Waals surface area contributed by atoms with Crippen molar-refractivity contribution >= 4 is 41.2 Å². The number of hydrogen-bond acceptors (Lipinski definition) is 9. The molecule has 0 bridgehead atoms. The van der Waals surface area contributed by atoms with Crippen LogP contribution in [0.3, 0.4) is 0 Å². The summed E-state index contributed by atoms with van der Waals surface area (Å²) in [5, 5.41) is 10.3. The van der Waals surface area contributed by atoms with Crippen molar-refractivity contribution in [3.05, 3.63) is 35.9 Å². The molecule has 0 spiro atoms. The second kappa shape index (κ2) is 28.0. The molecule has 3 N–H and O–H groups in total. The standard InChI is InChI=1S/C63H97N3O9/c1-7-44(56(67)37-42-25-19-30-48(42)60(71)65-54-34-18-16-29-51(54)46(9-3)62(73)74-39-40-22-11-10-12-23-40)47-27-14-13-24-41(47)36-57(68)52-32-21-35-55(52)66-59(70)45(8-2)50-28-15-17-33-53(50)64-61(72)49-31-20-26-43(49)38-58(69)75-63(4,5)6/h10-12,22-23,41-55H,7-9,13-21,24-39H2,1-6H3,(H,64,72)(H,65,71)(H,66,70)/t41-,42-,43-,44+,45+,46+,47-,48?,49+,50+,51+,52?,53+,54+,55+/m0/s1. The Morgan fingerprint density at radius 2 is 1.00 bits per heavy atom. The van der Waals surface area contributed by atoms with Crippen molar-refractivity contribution in [3.8, 4) is 0 Å². The minimum atomic E-state index is -0.571. The van der Waals surface area contributed by atoms with Gasteiger partial charge in [-0.15, -0.1) is 0 Å². The highest BCUT2D eigenvalue weighted by Crippen LogP contribution is 2.44. The van der Waals surface area contributed by atoms with Gasteiger partial charge in [0.15, 0.2) is 0 Å². The molecular formula is C63H97N3O9. The molecule has 6 aliphatic rings. The number of ketones is 2. The summed E-state index contributed by atoms with van der Waals surface area (Å²) >= 11 is 0. The van der Waals surface area contributed by atoms with Gasteiger partial charge in [-0.25, -0.2) is 0 Å². The van der Waals surface area contributed by atoms with Gasteiger partial charge >= 0.3 is 11.9 Å². The molecule has 12 nitrogen and oxygen atoms in total. The minimum absolute atomic E-state index is 0.000166. The normalized spacial score (nSPS) is 31.3. The van der Waals surface area contributed by atoms with E-state index in [1.165, 1.54) is 0 Å². The van der Waals surface area contributed by atoms with Gasteiger partial charge < -0.3 is 25.4 Å². The number of benzene rings is 1. The Hall–Kier alpha value is -4.09. The number of esters is 2. The summed E-state index contributed by atoms with van der Waals surface area (Å²) in [4.78, 5) is 97.9. The van der Waals surface area contributed by atoms with Crippen molar-refractivity contribution in [2.45, 2.75) is 245 Å². The number of ether oxygens (including phenoxy) is 2. The number of Topliss-reactive ketones (excluding diaryl/α,β-unsaturated/α-hetero) is 2. The summed E-state index contributed by atoms with van der Waals surface area (Å²) in [6.45, 7) is 12.0. The lowest BCUT2D eigenvalue weighted by Gasteiger charge is -2.38. The van der Waals surface area contributed by atoms with Crippen LogP contribution >= 0.6 is 0 Å². The molecule has 1 aromatic carbocycles. The maximum Gasteiger partial charge on any atom is 0.309 e. The monoisotopic (exact) mass is 1040 g/mol. The molecule has 6 saturated carbocycles. The van der Waals surface area contributed by atoms with E-state index in [1.807, 2.05) is 58.0 Å². The molecule has 12 heteroatoms. The van der Waals surface area contributed by atoms with Crippen LogP contribution in [0.1, 0.15) is 220 Å². The van der Waals surface area contributed by atoms with Crippen molar-refractivity contribution in [3.63, 3.8) is 0 Å². The van der Waals surface area contributed by atoms with Crippen LogP contribution in [-0.2, 0) is 49.6 Å². The Labute approximate surface area is 450 Å². The Morgan fingerprint density at radius 1 is 0.507 bits per heavy atom. The fourth-order valence-electron chi connectivity index (χ4n) is 15.6. The first-order valence-corrected chi connectivity index (χ1v) is 30.5. The molecule has 15 atom stereocenters. The first-order valence-electron chi connectivity index (χ1n) is 30.5. The molecule has 0 radical (unpaired) electrons. The van der Waals surface area contributed by atoms with Crippen LogP contribution in [0.4, 0.5) is 0 Å². The summed E-state index contributed by atoms with van der Waals surface area (Å²) in [5.41, 5.74) is 0.386. The summed E-state index contributed by atoms with van der Waals surface area (Å²) in [6, 6.07) is 9.32. The number of carbonyl (C=O) groups excluding carboxylic acids is 7. The largest absolute Gasteiger partial charge is 0.461 e. The lowest BCUT2D eigenvalue weighted by molar-refractivity contribution is -0.156. The molecule has 0 heterocycles. The molecule has 418 valence electrons. The van der Waals surface area contributed by atoms with E-state index < -0.39 is 5.60 Å². The highest BCUT2D eigenvalue weighted by atomic mass is 16.6. The van der Waals surface area contributed by atoms with E-state index >= 15 is 0 Å². The van der Waals surface area contributed by atoms with E-state index in [0.29, 0.717) is 25.7 Å². The molecule has 0 aromatic heterocycles. The third kappa shape index (κ3) is 15.8. The van der Waals surface area contributed by atoms with Gasteiger partial charge in [0, 0.05) is 67.0 Å². The van der Waals surface area contributed by atoms with E-state index in [9.17, 15) is 33.6 Å². The first-order chi connectivity index (χ1) is 36.1. The topological polar surface area (TPSA) is 174 Å². The number of amides is 3. The second-order valence-corrected chi connectivity index (χ2v) is 25.4. The lowest BCUT2D eigenvalue weighted by atomic mass is 9.67. The van der Waals surface area contributed by atoms with Crippen LogP contribution in [0.25, 0.3) is 0 Å². The Bertz CT molecular complexity index is 2070. The van der Waals surface area contributed by atoms with Gasteiger partial charge in [0.25, 0.3) is 0 Å². The zero-order valence-corrected chi connectivity index (χ0v) is 47.0. The maximum atomic E-state index is 14.6. The highest BCUT2D eigenvalue weighted by Gasteiger charge is 2.45. The van der Waals surface area contributed by atoms with Gasteiger partial charge in [-0.3, -0.25) is 33.6 Å². The van der Waals surface area contributed by atoms with Crippen LogP contribution in [0.15, 0.2) is 30.3 Å². The smallest absolute Gasteiger partial charge is 0.309 e. The molecule has 6 fully saturated rings. The van der Waals surface area contributed by atoms with Crippen molar-refractivity contribution in [1.29, 1.82) is 0 Å². The van der Waals surface area contributed by atoms with Crippen molar-refractivity contribution in [2.75, 3.05) is 0 Å². The molecule has 0 saturated heterocycles. The second-order valence-electron chi connectivity index (χ2n) is 25.4. The van der Waals surface area contributed by atoms with Crippen LogP contribution in [0.5, 0.6) is 0 Å². The average molecular weight is 1040 g/mol. The fourth-order valence-corrected chi connectivity index (χ4v) is 15.6. The maximum absolute atomic E-state index is 14.6. The molecule has 6 aliphatic carbocycles. The molecule has 1 aromatic rings. The van der Waals surface area contributed by atoms with E-state index in [-0.39, 0.29) is 143 Å². The van der Waals surface area contributed by atoms with Gasteiger partial charge in [0.05, 0.1) is 5.92 Å². The van der Waals surface area contributed by atoms with Crippen molar-refractivity contribution in [1.82, 2.24) is 16.0 Å². The van der Waals surface area contributed by atoms with Crippen molar-refractivity contribution in [2.24, 2.45) is 71.0 Å². The van der Waals surface area contributed by atoms with Gasteiger partial charge in [-0.05, 0) is 158 Å². The molecular weight excluding hydrogens is 943 g/mol. The predicted molar refractivity (Wildman–Crippen MR) is 291 cm³/mol. The molecule has 0 aliphatic heterocycles. The predicted octanol–water partition coefficient (Wildman–Crippen LogP) is 11.7. The summed E-state index contributed by atoms with van der Waals surface area (Å²) in [7, 11) is 0. The summed E-state index contributed by atoms with van der Waals surface area (Å²) in [5.74, 6) is -1.20. The van der Waals surface area contributed by atoms with Crippen LogP contribution < -0.4 is 16.0 Å². The van der Waals surface area contributed by atoms with Gasteiger partial charge in [0.1, 0.15) is 23.8 Å². The van der Waals surface area contributed by atoms with Gasteiger partial charge in [-0.2, -0.15) is 0 Å². The minimum Gasteiger partial charge on any atom is -0.461 e. The van der Waals surface area contributed by atoms with Gasteiger partial charge in [0.2, 0.25) is 17.7 Å². The van der Waals surface area contributed by atoms with E-state index in [1.54, 1.807) is 0 Å². The van der Waals surface area contributed by atoms with E-state index in [2.05, 4.69) is 29.8 Å². The van der Waals surface area contributed by atoms with Gasteiger partial charge in [-0.1, -0.05) is 109 Å². The number of nitrogens with one attached hydrogen (secondary N) is 3. The van der Waals surface area contributed by atoms with Crippen molar-refractivity contribution < 1.29 is 43.0 Å². The fraction of sp³-hybridized carbons (Fsp3) is 0.794. The molecule has 75 heavy (non-hydrogen) atoms. The number of hydrogen-bond donors (Lipinski definition) is 3. The zero-order chi connectivity index (χ0) is 53.6. The molecule has 3 amide bonds. The Kier molecular flexibility index (Phi) is 21.9. The Morgan fingerprint density at radius 3 is 1.59 bits per heavy atom. The molecule has 7 rings (SSSR count). The third-order valence-electron chi connectivity index (χ3n) is 19.4. The summed E-state index contributed by atoms with van der Waals surface area (Å²) < 4.78 is 11.4. The highest BCUT2D eigenvalue weighted by molar-refractivity contribution is 5.86. The van der Waals surface area contributed by atoms with Crippen LogP contribution in [0.2, 0.25) is 0 Å². The Balaban J connectivity index is 0.919. The quantitative estimate of drug-likeness (QED) is 0.0901. The third-order valence-corrected chi connectivity index (χ3v) is 19.4.